The molecule has 0 fully saturated rings. The third-order valence-corrected chi connectivity index (χ3v) is 9.23. The van der Waals surface area contributed by atoms with Crippen LogP contribution in [0.15, 0.2) is 90.7 Å². The summed E-state index contributed by atoms with van der Waals surface area (Å²) in [5, 5.41) is 0. The van der Waals surface area contributed by atoms with Gasteiger partial charge in [-0.3, -0.25) is 9.36 Å². The lowest BCUT2D eigenvalue weighted by atomic mass is 9.96. The maximum atomic E-state index is 14.2. The van der Waals surface area contributed by atoms with Crippen LogP contribution in [0.5, 0.6) is 11.5 Å². The third-order valence-electron chi connectivity index (χ3n) is 7.20. The van der Waals surface area contributed by atoms with E-state index in [1.165, 1.54) is 11.3 Å². The van der Waals surface area contributed by atoms with Crippen LogP contribution in [0.2, 0.25) is 0 Å². The van der Waals surface area contributed by atoms with Crippen molar-refractivity contribution >= 4 is 61.2 Å². The molecule has 4 aromatic rings. The van der Waals surface area contributed by atoms with Crippen LogP contribution in [0.1, 0.15) is 60.8 Å². The Hall–Kier alpha value is -4.00. The molecule has 0 saturated heterocycles. The number of benzene rings is 3. The fourth-order valence-corrected chi connectivity index (χ4v) is 7.52. The number of thiazole rings is 1. The second-order valence-corrected chi connectivity index (χ2v) is 13.1. The second-order valence-electron chi connectivity index (χ2n) is 10.3. The molecule has 1 aliphatic heterocycles. The Balaban J connectivity index is 1.56. The van der Waals surface area contributed by atoms with E-state index in [1.807, 2.05) is 43.3 Å². The summed E-state index contributed by atoms with van der Waals surface area (Å²) >= 11 is 8.39. The van der Waals surface area contributed by atoms with Crippen LogP contribution in [-0.2, 0) is 20.9 Å². The molecule has 1 aliphatic rings. The number of ether oxygens (including phenoxy) is 4. The number of carbonyl (C=O) groups excluding carboxylic acids is 2. The Bertz CT molecular complexity index is 2020. The van der Waals surface area contributed by atoms with E-state index in [0.29, 0.717) is 60.9 Å². The molecule has 9 nitrogen and oxygen atoms in total. The topological polar surface area (TPSA) is 105 Å². The highest BCUT2D eigenvalue weighted by molar-refractivity contribution is 9.11. The summed E-state index contributed by atoms with van der Waals surface area (Å²) in [6.45, 7) is 8.37. The summed E-state index contributed by atoms with van der Waals surface area (Å²) in [6, 6.07) is 17.3. The van der Waals surface area contributed by atoms with Crippen molar-refractivity contribution in [2.24, 2.45) is 4.99 Å². The number of halogens is 2. The molecule has 1 aromatic heterocycles. The molecule has 0 spiro atoms. The summed E-state index contributed by atoms with van der Waals surface area (Å²) < 4.78 is 25.8. The van der Waals surface area contributed by atoms with Crippen molar-refractivity contribution in [1.29, 1.82) is 0 Å². The van der Waals surface area contributed by atoms with Crippen LogP contribution < -0.4 is 24.4 Å². The maximum absolute atomic E-state index is 14.2. The summed E-state index contributed by atoms with van der Waals surface area (Å²) in [4.78, 5) is 44.6. The first-order chi connectivity index (χ1) is 22.6. The van der Waals surface area contributed by atoms with Gasteiger partial charge in [-0.05, 0) is 97.2 Å². The zero-order chi connectivity index (χ0) is 33.7. The molecule has 47 heavy (non-hydrogen) atoms. The highest BCUT2D eigenvalue weighted by Crippen LogP contribution is 2.35. The largest absolute Gasteiger partial charge is 0.494 e. The normalized spacial score (nSPS) is 14.3. The van der Waals surface area contributed by atoms with Gasteiger partial charge in [-0.15, -0.1) is 0 Å². The first-order valence-electron chi connectivity index (χ1n) is 14.9. The van der Waals surface area contributed by atoms with Crippen molar-refractivity contribution in [3.8, 4) is 11.5 Å². The molecule has 0 saturated carbocycles. The minimum atomic E-state index is -0.745. The van der Waals surface area contributed by atoms with Crippen LogP contribution in [-0.4, -0.2) is 36.3 Å². The Morgan fingerprint density at radius 2 is 1.60 bits per heavy atom. The number of esters is 2. The van der Waals surface area contributed by atoms with Gasteiger partial charge in [-0.2, -0.15) is 0 Å². The molecule has 244 valence electrons. The summed E-state index contributed by atoms with van der Waals surface area (Å²) in [6.07, 6.45) is 1.76. The van der Waals surface area contributed by atoms with E-state index in [4.69, 9.17) is 18.9 Å². The molecule has 0 bridgehead atoms. The molecule has 0 radical (unpaired) electrons. The van der Waals surface area contributed by atoms with Crippen molar-refractivity contribution in [1.82, 2.24) is 4.57 Å². The van der Waals surface area contributed by atoms with Crippen molar-refractivity contribution in [3.63, 3.8) is 0 Å². The van der Waals surface area contributed by atoms with Crippen LogP contribution in [0.25, 0.3) is 6.08 Å². The molecule has 0 N–H and O–H groups in total. The van der Waals surface area contributed by atoms with Crippen molar-refractivity contribution in [2.45, 2.75) is 40.3 Å². The van der Waals surface area contributed by atoms with Gasteiger partial charge in [0.25, 0.3) is 5.56 Å². The molecular weight excluding hydrogens is 752 g/mol. The Morgan fingerprint density at radius 3 is 2.26 bits per heavy atom. The van der Waals surface area contributed by atoms with Crippen LogP contribution in [0.3, 0.4) is 0 Å². The van der Waals surface area contributed by atoms with Crippen LogP contribution >= 0.6 is 43.2 Å². The number of hydrogen-bond donors (Lipinski definition) is 0. The van der Waals surface area contributed by atoms with Gasteiger partial charge in [0.2, 0.25) is 0 Å². The lowest BCUT2D eigenvalue weighted by molar-refractivity contribution is -0.139. The number of carbonyl (C=O) groups is 2. The van der Waals surface area contributed by atoms with Gasteiger partial charge in [0, 0.05) is 10.0 Å². The highest BCUT2D eigenvalue weighted by Gasteiger charge is 2.33. The summed E-state index contributed by atoms with van der Waals surface area (Å²) in [5.74, 6) is 0.308. The minimum absolute atomic E-state index is 0.187. The quantitative estimate of drug-likeness (QED) is 0.161. The fourth-order valence-electron chi connectivity index (χ4n) is 5.11. The minimum Gasteiger partial charge on any atom is -0.494 e. The van der Waals surface area contributed by atoms with Gasteiger partial charge in [0.1, 0.15) is 18.1 Å². The molecule has 0 aliphatic carbocycles. The van der Waals surface area contributed by atoms with E-state index < -0.39 is 12.0 Å². The third kappa shape index (κ3) is 7.61. The predicted octanol–water partition coefficient (Wildman–Crippen LogP) is 6.48. The van der Waals surface area contributed by atoms with E-state index in [0.717, 1.165) is 15.6 Å². The average molecular weight is 785 g/mol. The van der Waals surface area contributed by atoms with Gasteiger partial charge < -0.3 is 18.9 Å². The number of rotatable bonds is 11. The standard InChI is InChI=1S/C35H32Br2N2O7S/c1-5-43-26-14-12-22(13-15-26)30-29(34(42)45-7-3)20(4)38-35-39(30)32(40)28(47-35)17-24-16-25(36)18-27(37)31(24)46-19-21-8-10-23(11-9-21)33(41)44-6-2/h8-18,30H,5-7,19H2,1-4H3/b28-17-/t30-/m0/s1. The van der Waals surface area contributed by atoms with Crippen molar-refractivity contribution in [2.75, 3.05) is 19.8 Å². The Kier molecular flexibility index (Phi) is 11.2. The van der Waals surface area contributed by atoms with E-state index in [2.05, 4.69) is 36.9 Å². The number of aromatic nitrogens is 1. The maximum Gasteiger partial charge on any atom is 0.338 e. The Labute approximate surface area is 292 Å². The van der Waals surface area contributed by atoms with E-state index in [1.54, 1.807) is 55.7 Å². The molecule has 0 unspecified atom stereocenters. The van der Waals surface area contributed by atoms with Gasteiger partial charge in [0.05, 0.1) is 51.7 Å². The van der Waals surface area contributed by atoms with Gasteiger partial charge >= 0.3 is 11.9 Å². The lowest BCUT2D eigenvalue weighted by Crippen LogP contribution is -2.39. The average Bonchev–Trinajstić information content (AvgIpc) is 3.34. The van der Waals surface area contributed by atoms with E-state index in [9.17, 15) is 14.4 Å². The zero-order valence-electron chi connectivity index (χ0n) is 26.2. The number of fused-ring (bicyclic) bond motifs is 1. The van der Waals surface area contributed by atoms with E-state index >= 15 is 0 Å². The first kappa shape index (κ1) is 34.3. The number of hydrogen-bond acceptors (Lipinski definition) is 9. The zero-order valence-corrected chi connectivity index (χ0v) is 30.2. The lowest BCUT2D eigenvalue weighted by Gasteiger charge is -2.24. The number of nitrogens with zero attached hydrogens (tertiary/aromatic N) is 2. The second kappa shape index (κ2) is 15.3. The van der Waals surface area contributed by atoms with Gasteiger partial charge in [-0.1, -0.05) is 51.5 Å². The van der Waals surface area contributed by atoms with Crippen molar-refractivity contribution < 1.29 is 28.5 Å². The molecular formula is C35H32Br2N2O7S. The van der Waals surface area contributed by atoms with E-state index in [-0.39, 0.29) is 24.7 Å². The van der Waals surface area contributed by atoms with Crippen LogP contribution in [0, 0.1) is 0 Å². The predicted molar refractivity (Wildman–Crippen MR) is 187 cm³/mol. The molecule has 2 heterocycles. The summed E-state index contributed by atoms with van der Waals surface area (Å²) in [5.41, 5.74) is 3.16. The SMILES string of the molecule is CCOC(=O)C1=C(C)N=c2s/c(=C\c3cc(Br)cc(Br)c3OCc3ccc(C(=O)OCC)cc3)c(=O)n2[C@H]1c1ccc(OCC)cc1. The molecule has 3 aromatic carbocycles. The molecule has 5 rings (SSSR count). The van der Waals surface area contributed by atoms with Crippen LogP contribution in [0.4, 0.5) is 0 Å². The van der Waals surface area contributed by atoms with Gasteiger partial charge in [-0.25, -0.2) is 14.6 Å². The summed E-state index contributed by atoms with van der Waals surface area (Å²) in [7, 11) is 0. The van der Waals surface area contributed by atoms with Crippen molar-refractivity contribution in [3.05, 3.63) is 123 Å². The number of allylic oxidation sites excluding steroid dienone is 1. The van der Waals surface area contributed by atoms with Gasteiger partial charge in [0.15, 0.2) is 4.80 Å². The molecule has 0 amide bonds. The highest BCUT2D eigenvalue weighted by atomic mass is 79.9. The fraction of sp³-hybridized carbons (Fsp3) is 0.257. The smallest absolute Gasteiger partial charge is 0.338 e. The monoisotopic (exact) mass is 782 g/mol. The first-order valence-corrected chi connectivity index (χ1v) is 17.4. The Morgan fingerprint density at radius 1 is 0.915 bits per heavy atom. The molecule has 12 heteroatoms. The molecule has 1 atom stereocenters.